The van der Waals surface area contributed by atoms with E-state index >= 15 is 0 Å². The number of benzene rings is 1. The van der Waals surface area contributed by atoms with Crippen LogP contribution in [-0.4, -0.2) is 55.9 Å². The standard InChI is InChI=1S/C17H19N3O7/c21-8-11-13(22)14(23)15(27-11)20-7-6-12(18-16(20)24)19-17(25)26-9-10-4-2-1-3-5-10/h1-7,11,13-15,21-23H,8-9H2,(H,18,19,24,25)/t11-,13?,14?,15-/m1/s1. The van der Waals surface area contributed by atoms with Gasteiger partial charge in [-0.3, -0.25) is 9.88 Å². The molecular weight excluding hydrogens is 358 g/mol. The topological polar surface area (TPSA) is 143 Å². The second-order valence-electron chi connectivity index (χ2n) is 5.92. The van der Waals surface area contributed by atoms with Crippen LogP contribution in [0.5, 0.6) is 0 Å². The minimum atomic E-state index is -1.41. The summed E-state index contributed by atoms with van der Waals surface area (Å²) in [7, 11) is 0. The average Bonchev–Trinajstić information content (AvgIpc) is 2.95. The number of nitrogens with zero attached hydrogens (tertiary/aromatic N) is 2. The zero-order valence-corrected chi connectivity index (χ0v) is 14.1. The van der Waals surface area contributed by atoms with Gasteiger partial charge in [-0.25, -0.2) is 9.59 Å². The van der Waals surface area contributed by atoms with Crippen LogP contribution in [0.15, 0.2) is 47.4 Å². The van der Waals surface area contributed by atoms with Crippen LogP contribution >= 0.6 is 0 Å². The molecule has 1 aliphatic rings. The Hall–Kier alpha value is -2.79. The maximum absolute atomic E-state index is 12.2. The Bertz CT molecular complexity index is 842. The first-order chi connectivity index (χ1) is 13.0. The number of anilines is 1. The highest BCUT2D eigenvalue weighted by Crippen LogP contribution is 2.28. The summed E-state index contributed by atoms with van der Waals surface area (Å²) in [6.07, 6.45) is -4.48. The van der Waals surface area contributed by atoms with E-state index in [4.69, 9.17) is 14.6 Å². The Kier molecular flexibility index (Phi) is 5.81. The Morgan fingerprint density at radius 3 is 2.59 bits per heavy atom. The molecule has 2 aromatic rings. The first kappa shape index (κ1) is 19.0. The second kappa shape index (κ2) is 8.27. The summed E-state index contributed by atoms with van der Waals surface area (Å²) >= 11 is 0. The van der Waals surface area contributed by atoms with Crippen molar-refractivity contribution in [1.29, 1.82) is 0 Å². The predicted octanol–water partition coefficient (Wildman–Crippen LogP) is -0.397. The van der Waals surface area contributed by atoms with Crippen LogP contribution in [0, 0.1) is 0 Å². The number of hydrogen-bond acceptors (Lipinski definition) is 8. The molecule has 3 rings (SSSR count). The summed E-state index contributed by atoms with van der Waals surface area (Å²) in [6.45, 7) is -0.448. The average molecular weight is 377 g/mol. The van der Waals surface area contributed by atoms with Crippen molar-refractivity contribution >= 4 is 11.9 Å². The van der Waals surface area contributed by atoms with E-state index in [2.05, 4.69) is 10.3 Å². The molecule has 1 amide bonds. The van der Waals surface area contributed by atoms with Crippen LogP contribution in [0.25, 0.3) is 0 Å². The molecule has 0 bridgehead atoms. The quantitative estimate of drug-likeness (QED) is 0.551. The van der Waals surface area contributed by atoms with Crippen molar-refractivity contribution in [3.63, 3.8) is 0 Å². The minimum Gasteiger partial charge on any atom is -0.444 e. The number of rotatable bonds is 5. The van der Waals surface area contributed by atoms with Gasteiger partial charge in [-0.1, -0.05) is 30.3 Å². The molecule has 10 nitrogen and oxygen atoms in total. The third kappa shape index (κ3) is 4.31. The first-order valence-corrected chi connectivity index (χ1v) is 8.19. The highest BCUT2D eigenvalue weighted by Gasteiger charge is 2.43. The summed E-state index contributed by atoms with van der Waals surface area (Å²) in [5.74, 6) is -0.0407. The van der Waals surface area contributed by atoms with Crippen LogP contribution in [0.4, 0.5) is 10.6 Å². The van der Waals surface area contributed by atoms with Gasteiger partial charge < -0.3 is 24.8 Å². The lowest BCUT2D eigenvalue weighted by Gasteiger charge is -2.17. The molecule has 4 atom stereocenters. The Morgan fingerprint density at radius 1 is 1.22 bits per heavy atom. The van der Waals surface area contributed by atoms with Gasteiger partial charge in [0, 0.05) is 6.20 Å². The normalized spacial score (nSPS) is 24.6. The fourth-order valence-corrected chi connectivity index (χ4v) is 2.65. The van der Waals surface area contributed by atoms with Crippen molar-refractivity contribution in [2.75, 3.05) is 11.9 Å². The van der Waals surface area contributed by atoms with E-state index in [1.54, 1.807) is 12.1 Å². The molecule has 2 heterocycles. The number of carbonyl (C=O) groups is 1. The number of amides is 1. The SMILES string of the molecule is O=C(Nc1ccn([C@@H]2O[C@H](CO)C(O)C2O)c(=O)n1)OCc1ccccc1. The summed E-state index contributed by atoms with van der Waals surface area (Å²) in [5, 5.41) is 31.2. The van der Waals surface area contributed by atoms with Crippen molar-refractivity contribution in [2.24, 2.45) is 0 Å². The number of hydrogen-bond donors (Lipinski definition) is 4. The van der Waals surface area contributed by atoms with Crippen LogP contribution in [-0.2, 0) is 16.1 Å². The van der Waals surface area contributed by atoms with Crippen LogP contribution < -0.4 is 11.0 Å². The number of ether oxygens (including phenoxy) is 2. The molecule has 0 saturated carbocycles. The van der Waals surface area contributed by atoms with Gasteiger partial charge in [0.1, 0.15) is 30.7 Å². The maximum atomic E-state index is 12.2. The van der Waals surface area contributed by atoms with Gasteiger partial charge >= 0.3 is 11.8 Å². The van der Waals surface area contributed by atoms with Crippen molar-refractivity contribution < 1.29 is 29.6 Å². The zero-order valence-electron chi connectivity index (χ0n) is 14.1. The van der Waals surface area contributed by atoms with E-state index in [9.17, 15) is 19.8 Å². The lowest BCUT2D eigenvalue weighted by atomic mass is 10.1. The monoisotopic (exact) mass is 377 g/mol. The van der Waals surface area contributed by atoms with Crippen molar-refractivity contribution in [3.8, 4) is 0 Å². The zero-order chi connectivity index (χ0) is 19.4. The molecule has 27 heavy (non-hydrogen) atoms. The number of aliphatic hydroxyl groups excluding tert-OH is 3. The molecule has 1 saturated heterocycles. The van der Waals surface area contributed by atoms with E-state index in [0.717, 1.165) is 10.1 Å². The number of aromatic nitrogens is 2. The maximum Gasteiger partial charge on any atom is 0.413 e. The molecule has 2 unspecified atom stereocenters. The van der Waals surface area contributed by atoms with E-state index in [-0.39, 0.29) is 12.4 Å². The molecular formula is C17H19N3O7. The summed E-state index contributed by atoms with van der Waals surface area (Å²) in [6, 6.07) is 10.4. The van der Waals surface area contributed by atoms with Gasteiger partial charge in [-0.2, -0.15) is 4.98 Å². The molecule has 1 aromatic carbocycles. The smallest absolute Gasteiger partial charge is 0.413 e. The molecule has 10 heteroatoms. The van der Waals surface area contributed by atoms with Crippen molar-refractivity contribution in [3.05, 3.63) is 58.6 Å². The lowest BCUT2D eigenvalue weighted by Crippen LogP contribution is -2.36. The third-order valence-electron chi connectivity index (χ3n) is 4.06. The summed E-state index contributed by atoms with van der Waals surface area (Å²) < 4.78 is 11.3. The van der Waals surface area contributed by atoms with Gasteiger partial charge in [-0.05, 0) is 11.6 Å². The van der Waals surface area contributed by atoms with E-state index < -0.39 is 42.9 Å². The molecule has 0 spiro atoms. The largest absolute Gasteiger partial charge is 0.444 e. The highest BCUT2D eigenvalue weighted by atomic mass is 16.6. The van der Waals surface area contributed by atoms with Crippen LogP contribution in [0.3, 0.4) is 0 Å². The van der Waals surface area contributed by atoms with E-state index in [1.807, 2.05) is 18.2 Å². The van der Waals surface area contributed by atoms with Crippen LogP contribution in [0.1, 0.15) is 11.8 Å². The fourth-order valence-electron chi connectivity index (χ4n) is 2.65. The molecule has 1 aromatic heterocycles. The van der Waals surface area contributed by atoms with E-state index in [0.29, 0.717) is 0 Å². The number of aliphatic hydroxyl groups is 3. The van der Waals surface area contributed by atoms with Gasteiger partial charge in [0.25, 0.3) is 0 Å². The van der Waals surface area contributed by atoms with Crippen LogP contribution in [0.2, 0.25) is 0 Å². The molecule has 4 N–H and O–H groups in total. The molecule has 0 aliphatic carbocycles. The first-order valence-electron chi connectivity index (χ1n) is 8.19. The highest BCUT2D eigenvalue weighted by molar-refractivity contribution is 5.83. The minimum absolute atomic E-state index is 0.0407. The second-order valence-corrected chi connectivity index (χ2v) is 5.92. The summed E-state index contributed by atoms with van der Waals surface area (Å²) in [5.41, 5.74) is -0.00825. The number of carbonyl (C=O) groups excluding carboxylic acids is 1. The molecule has 1 aliphatic heterocycles. The molecule has 1 fully saturated rings. The summed E-state index contributed by atoms with van der Waals surface area (Å²) in [4.78, 5) is 27.7. The van der Waals surface area contributed by atoms with Gasteiger partial charge in [0.05, 0.1) is 6.61 Å². The molecule has 144 valence electrons. The van der Waals surface area contributed by atoms with Gasteiger partial charge in [-0.15, -0.1) is 0 Å². The van der Waals surface area contributed by atoms with Gasteiger partial charge in [0.2, 0.25) is 0 Å². The predicted molar refractivity (Wildman–Crippen MR) is 91.8 cm³/mol. The van der Waals surface area contributed by atoms with Gasteiger partial charge in [0.15, 0.2) is 6.23 Å². The number of nitrogens with one attached hydrogen (secondary N) is 1. The Morgan fingerprint density at radius 2 is 1.96 bits per heavy atom. The van der Waals surface area contributed by atoms with Crippen molar-refractivity contribution in [1.82, 2.24) is 9.55 Å². The Balaban J connectivity index is 1.63. The molecule has 0 radical (unpaired) electrons. The van der Waals surface area contributed by atoms with Crippen molar-refractivity contribution in [2.45, 2.75) is 31.1 Å². The fraction of sp³-hybridized carbons (Fsp3) is 0.353. The van der Waals surface area contributed by atoms with E-state index in [1.165, 1.54) is 12.3 Å². The third-order valence-corrected chi connectivity index (χ3v) is 4.06. The lowest BCUT2D eigenvalue weighted by molar-refractivity contribution is -0.0549. The Labute approximate surface area is 153 Å².